The fourth-order valence-corrected chi connectivity index (χ4v) is 4.42. The third-order valence-electron chi connectivity index (χ3n) is 6.53. The molecule has 0 bridgehead atoms. The Bertz CT molecular complexity index is 1290. The summed E-state index contributed by atoms with van der Waals surface area (Å²) in [6.07, 6.45) is -0.236. The lowest BCUT2D eigenvalue weighted by Crippen LogP contribution is -2.42. The van der Waals surface area contributed by atoms with E-state index in [9.17, 15) is 22.4 Å². The maximum Gasteiger partial charge on any atom is 0.416 e. The monoisotopic (exact) mass is 500 g/mol. The topological polar surface area (TPSA) is 48.5 Å². The number of carbonyl (C=O) groups is 1. The molecule has 0 atom stereocenters. The molecule has 1 fully saturated rings. The first-order valence-electron chi connectivity index (χ1n) is 11.7. The number of fused-ring (bicyclic) bond motifs is 1. The number of benzene rings is 2. The number of nitrogens with zero attached hydrogens (tertiary/aromatic N) is 3. The van der Waals surface area contributed by atoms with E-state index in [0.29, 0.717) is 17.8 Å². The molecule has 9 heteroatoms. The van der Waals surface area contributed by atoms with Crippen molar-refractivity contribution in [1.82, 2.24) is 9.88 Å². The lowest BCUT2D eigenvalue weighted by Gasteiger charge is -2.36. The maximum atomic E-state index is 14.0. The van der Waals surface area contributed by atoms with Gasteiger partial charge >= 0.3 is 6.18 Å². The molecule has 5 nitrogen and oxygen atoms in total. The molecule has 1 amide bonds. The fraction of sp³-hybridized carbons (Fsp3) is 0.333. The minimum absolute atomic E-state index is 0.112. The first-order chi connectivity index (χ1) is 17.0. The van der Waals surface area contributed by atoms with E-state index >= 15 is 0 Å². The van der Waals surface area contributed by atoms with Gasteiger partial charge in [-0.2, -0.15) is 13.2 Å². The maximum absolute atomic E-state index is 14.0. The zero-order valence-corrected chi connectivity index (χ0v) is 20.4. The number of alkyl halides is 3. The molecule has 2 aromatic carbocycles. The van der Waals surface area contributed by atoms with E-state index in [1.165, 1.54) is 0 Å². The first kappa shape index (κ1) is 25.6. The summed E-state index contributed by atoms with van der Waals surface area (Å²) < 4.78 is 52.1. The molecule has 4 rings (SSSR count). The quantitative estimate of drug-likeness (QED) is 0.351. The Hall–Kier alpha value is -3.46. The summed E-state index contributed by atoms with van der Waals surface area (Å²) in [5.74, 6) is -0.641. The molecule has 0 saturated carbocycles. The van der Waals surface area contributed by atoms with Crippen molar-refractivity contribution in [3.63, 3.8) is 0 Å². The molecule has 1 N–H and O–H groups in total. The minimum Gasteiger partial charge on any atom is -0.356 e. The van der Waals surface area contributed by atoms with Crippen LogP contribution >= 0.6 is 0 Å². The number of hydrogen-bond donors (Lipinski definition) is 1. The van der Waals surface area contributed by atoms with Gasteiger partial charge in [-0.3, -0.25) is 4.79 Å². The number of carbonyl (C=O) groups excluding carboxylic acids is 1. The number of piperidine rings is 1. The van der Waals surface area contributed by atoms with Crippen molar-refractivity contribution in [3.05, 3.63) is 71.0 Å². The number of rotatable bonds is 5. The van der Waals surface area contributed by atoms with Gasteiger partial charge in [0.15, 0.2) is 0 Å². The predicted octanol–water partition coefficient (Wildman–Crippen LogP) is 5.88. The van der Waals surface area contributed by atoms with Crippen LogP contribution in [0.15, 0.2) is 48.5 Å². The third-order valence-corrected chi connectivity index (χ3v) is 6.53. The van der Waals surface area contributed by atoms with E-state index in [1.807, 2.05) is 19.1 Å². The van der Waals surface area contributed by atoms with Crippen LogP contribution in [0.4, 0.5) is 29.1 Å². The predicted molar refractivity (Wildman–Crippen MR) is 134 cm³/mol. The van der Waals surface area contributed by atoms with Gasteiger partial charge in [-0.25, -0.2) is 9.37 Å². The number of halogens is 4. The Morgan fingerprint density at radius 1 is 1.11 bits per heavy atom. The van der Waals surface area contributed by atoms with Crippen LogP contribution in [0.5, 0.6) is 0 Å². The third kappa shape index (κ3) is 5.84. The Morgan fingerprint density at radius 3 is 2.47 bits per heavy atom. The van der Waals surface area contributed by atoms with Gasteiger partial charge < -0.3 is 15.1 Å². The van der Waals surface area contributed by atoms with Crippen molar-refractivity contribution < 1.29 is 22.4 Å². The van der Waals surface area contributed by atoms with Crippen molar-refractivity contribution in [3.8, 4) is 0 Å². The van der Waals surface area contributed by atoms with Gasteiger partial charge in [-0.05, 0) is 81.9 Å². The van der Waals surface area contributed by atoms with Crippen molar-refractivity contribution in [2.24, 2.45) is 0 Å². The molecule has 0 spiro atoms. The van der Waals surface area contributed by atoms with Gasteiger partial charge in [0.1, 0.15) is 11.6 Å². The molecule has 0 unspecified atom stereocenters. The Balaban J connectivity index is 1.45. The highest BCUT2D eigenvalue weighted by atomic mass is 19.4. The normalized spacial score (nSPS) is 15.3. The van der Waals surface area contributed by atoms with Crippen LogP contribution in [0, 0.1) is 12.7 Å². The summed E-state index contributed by atoms with van der Waals surface area (Å²) in [6.45, 7) is 3.89. The van der Waals surface area contributed by atoms with Crippen LogP contribution in [0.3, 0.4) is 0 Å². The van der Waals surface area contributed by atoms with Crippen LogP contribution in [-0.2, 0) is 11.0 Å². The number of aryl methyl sites for hydroxylation is 1. The SMILES string of the molecule is Cc1cc(N2CCC(N(C)C)CC2)nc2ccc(NC(=O)C=Cc3ccc(C(F)(F)F)cc3F)cc12. The van der Waals surface area contributed by atoms with Crippen molar-refractivity contribution >= 4 is 34.4 Å². The van der Waals surface area contributed by atoms with Crippen molar-refractivity contribution in [1.29, 1.82) is 0 Å². The average Bonchev–Trinajstić information content (AvgIpc) is 2.83. The highest BCUT2D eigenvalue weighted by Crippen LogP contribution is 2.31. The molecule has 0 radical (unpaired) electrons. The zero-order chi connectivity index (χ0) is 26.0. The Labute approximate surface area is 207 Å². The van der Waals surface area contributed by atoms with Crippen molar-refractivity contribution in [2.45, 2.75) is 32.0 Å². The second-order valence-electron chi connectivity index (χ2n) is 9.27. The van der Waals surface area contributed by atoms with Gasteiger partial charge in [-0.15, -0.1) is 0 Å². The molecule has 1 aliphatic rings. The van der Waals surface area contributed by atoms with Gasteiger partial charge in [0.05, 0.1) is 11.1 Å². The molecule has 0 aliphatic carbocycles. The van der Waals surface area contributed by atoms with Crippen molar-refractivity contribution in [2.75, 3.05) is 37.4 Å². The van der Waals surface area contributed by atoms with E-state index in [2.05, 4.69) is 35.3 Å². The second kappa shape index (κ2) is 10.3. The van der Waals surface area contributed by atoms with Gasteiger partial charge in [-0.1, -0.05) is 6.07 Å². The molecule has 36 heavy (non-hydrogen) atoms. The molecule has 1 aliphatic heterocycles. The van der Waals surface area contributed by atoms with E-state index in [1.54, 1.807) is 6.07 Å². The smallest absolute Gasteiger partial charge is 0.356 e. The van der Waals surface area contributed by atoms with E-state index in [0.717, 1.165) is 72.5 Å². The average molecular weight is 501 g/mol. The zero-order valence-electron chi connectivity index (χ0n) is 20.4. The summed E-state index contributed by atoms with van der Waals surface area (Å²) in [5.41, 5.74) is 1.19. The molecular formula is C27H28F4N4O. The highest BCUT2D eigenvalue weighted by molar-refractivity contribution is 6.03. The summed E-state index contributed by atoms with van der Waals surface area (Å²) in [5, 5.41) is 3.61. The number of aromatic nitrogens is 1. The fourth-order valence-electron chi connectivity index (χ4n) is 4.42. The molecule has 1 aromatic heterocycles. The summed E-state index contributed by atoms with van der Waals surface area (Å²) in [4.78, 5) is 21.7. The molecule has 190 valence electrons. The number of anilines is 2. The number of hydrogen-bond acceptors (Lipinski definition) is 4. The standard InChI is InChI=1S/C27H28F4N4O/c1-17-14-25(35-12-10-21(11-13-35)34(2)3)33-24-8-7-20(16-22(17)24)32-26(36)9-5-18-4-6-19(15-23(18)28)27(29,30)31/h4-9,14-16,21H,10-13H2,1-3H3,(H,32,36). The van der Waals surface area contributed by atoms with E-state index < -0.39 is 23.5 Å². The summed E-state index contributed by atoms with van der Waals surface area (Å²) in [7, 11) is 4.22. The second-order valence-corrected chi connectivity index (χ2v) is 9.27. The highest BCUT2D eigenvalue weighted by Gasteiger charge is 2.31. The lowest BCUT2D eigenvalue weighted by atomic mass is 10.0. The van der Waals surface area contributed by atoms with Crippen LogP contribution in [-0.4, -0.2) is 49.0 Å². The van der Waals surface area contributed by atoms with Crippen LogP contribution in [0.1, 0.15) is 29.5 Å². The first-order valence-corrected chi connectivity index (χ1v) is 11.7. The summed E-state index contributed by atoms with van der Waals surface area (Å²) >= 11 is 0. The Kier molecular flexibility index (Phi) is 7.31. The van der Waals surface area contributed by atoms with E-state index in [4.69, 9.17) is 4.98 Å². The molecule has 1 saturated heterocycles. The number of amides is 1. The summed E-state index contributed by atoms with van der Waals surface area (Å²) in [6, 6.07) is 10.2. The Morgan fingerprint density at radius 2 is 1.83 bits per heavy atom. The largest absolute Gasteiger partial charge is 0.416 e. The van der Waals surface area contributed by atoms with Crippen LogP contribution in [0.25, 0.3) is 17.0 Å². The van der Waals surface area contributed by atoms with Gasteiger partial charge in [0, 0.05) is 41.8 Å². The molecular weight excluding hydrogens is 472 g/mol. The number of nitrogens with one attached hydrogen (secondary N) is 1. The van der Waals surface area contributed by atoms with Gasteiger partial charge in [0.2, 0.25) is 5.91 Å². The molecule has 2 heterocycles. The van der Waals surface area contributed by atoms with Crippen LogP contribution in [0.2, 0.25) is 0 Å². The lowest BCUT2D eigenvalue weighted by molar-refractivity contribution is -0.137. The van der Waals surface area contributed by atoms with Crippen LogP contribution < -0.4 is 10.2 Å². The molecule has 3 aromatic rings. The minimum atomic E-state index is -4.63. The number of pyridine rings is 1. The van der Waals surface area contributed by atoms with E-state index in [-0.39, 0.29) is 5.56 Å². The van der Waals surface area contributed by atoms with Gasteiger partial charge in [0.25, 0.3) is 0 Å².